The molecule has 0 spiro atoms. The van der Waals surface area contributed by atoms with Gasteiger partial charge in [0.05, 0.1) is 5.69 Å². The van der Waals surface area contributed by atoms with E-state index < -0.39 is 0 Å². The first-order valence-electron chi connectivity index (χ1n) is 7.04. The van der Waals surface area contributed by atoms with E-state index in [4.69, 9.17) is 15.5 Å². The van der Waals surface area contributed by atoms with Crippen LogP contribution in [0.3, 0.4) is 0 Å². The summed E-state index contributed by atoms with van der Waals surface area (Å²) in [6.45, 7) is 0. The summed E-state index contributed by atoms with van der Waals surface area (Å²) in [7, 11) is 1.78. The second-order valence-electron chi connectivity index (χ2n) is 5.46. The highest BCUT2D eigenvalue weighted by atomic mass is 32.2. The largest absolute Gasteiger partial charge is 0.383 e. The number of nitrogens with two attached hydrogens (primary N) is 1. The number of ether oxygens (including phenoxy) is 1. The van der Waals surface area contributed by atoms with Crippen molar-refractivity contribution in [3.63, 3.8) is 0 Å². The number of nitrogens with zero attached hydrogens (tertiary/aromatic N) is 2. The number of hydrogen-bond acceptors (Lipinski definition) is 5. The van der Waals surface area contributed by atoms with Crippen LogP contribution in [0.4, 0.5) is 5.82 Å². The number of fused-ring (bicyclic) bond motifs is 1. The molecule has 2 aliphatic rings. The maximum atomic E-state index is 6.11. The van der Waals surface area contributed by atoms with Crippen LogP contribution in [0.5, 0.6) is 0 Å². The lowest BCUT2D eigenvalue weighted by atomic mass is 9.93. The van der Waals surface area contributed by atoms with Crippen LogP contribution in [0.2, 0.25) is 0 Å². The number of rotatable bonds is 2. The summed E-state index contributed by atoms with van der Waals surface area (Å²) in [5.74, 6) is 3.37. The Kier molecular flexibility index (Phi) is 3.67. The van der Waals surface area contributed by atoms with Gasteiger partial charge in [-0.25, -0.2) is 9.97 Å². The molecule has 2 N–H and O–H groups in total. The van der Waals surface area contributed by atoms with Gasteiger partial charge >= 0.3 is 0 Å². The molecule has 0 unspecified atom stereocenters. The number of thioether (sulfide) groups is 1. The number of nitrogen functional groups attached to an aromatic ring is 1. The molecular formula is C14H21N3OS. The number of hydrogen-bond donors (Lipinski definition) is 1. The van der Waals surface area contributed by atoms with Crippen molar-refractivity contribution in [2.75, 3.05) is 12.8 Å². The van der Waals surface area contributed by atoms with Crippen molar-refractivity contribution in [3.8, 4) is 0 Å². The molecule has 0 atom stereocenters. The van der Waals surface area contributed by atoms with Crippen LogP contribution in [-0.4, -0.2) is 17.1 Å². The fourth-order valence-corrected chi connectivity index (χ4v) is 4.15. The van der Waals surface area contributed by atoms with E-state index >= 15 is 0 Å². The molecule has 0 aromatic carbocycles. The number of anilines is 1. The van der Waals surface area contributed by atoms with E-state index in [9.17, 15) is 0 Å². The van der Waals surface area contributed by atoms with Gasteiger partial charge in [-0.05, 0) is 12.8 Å². The van der Waals surface area contributed by atoms with Gasteiger partial charge in [0.2, 0.25) is 0 Å². The van der Waals surface area contributed by atoms with Gasteiger partial charge < -0.3 is 10.5 Å². The molecule has 19 heavy (non-hydrogen) atoms. The molecule has 1 fully saturated rings. The first kappa shape index (κ1) is 13.2. The van der Waals surface area contributed by atoms with Gasteiger partial charge in [0, 0.05) is 24.2 Å². The molecule has 1 aromatic rings. The highest BCUT2D eigenvalue weighted by Gasteiger charge is 2.37. The minimum absolute atomic E-state index is 0.313. The van der Waals surface area contributed by atoms with Crippen molar-refractivity contribution in [2.24, 2.45) is 0 Å². The van der Waals surface area contributed by atoms with Crippen LogP contribution >= 0.6 is 11.8 Å². The van der Waals surface area contributed by atoms with Gasteiger partial charge in [0.15, 0.2) is 5.82 Å². The summed E-state index contributed by atoms with van der Waals surface area (Å²) in [6.07, 6.45) is 6.94. The predicted molar refractivity (Wildman–Crippen MR) is 77.8 cm³/mol. The lowest BCUT2D eigenvalue weighted by Crippen LogP contribution is -2.31. The zero-order valence-corrected chi connectivity index (χ0v) is 12.3. The van der Waals surface area contributed by atoms with Gasteiger partial charge in [-0.1, -0.05) is 25.7 Å². The molecule has 3 rings (SSSR count). The molecule has 2 heterocycles. The third-order valence-electron chi connectivity index (χ3n) is 4.32. The van der Waals surface area contributed by atoms with E-state index in [1.54, 1.807) is 7.11 Å². The zero-order chi connectivity index (χ0) is 13.3. The average molecular weight is 279 g/mol. The third kappa shape index (κ3) is 2.34. The lowest BCUT2D eigenvalue weighted by Gasteiger charge is -2.30. The summed E-state index contributed by atoms with van der Waals surface area (Å²) in [4.78, 5) is 9.37. The molecule has 1 aromatic heterocycles. The normalized spacial score (nSPS) is 21.9. The standard InChI is InChI=1S/C14H21N3OS/c1-18-14(6-4-2-3-5-7-14)13-16-11-9-19-8-10(11)12(15)17-13/h2-9H2,1H3,(H2,15,16,17). The summed E-state index contributed by atoms with van der Waals surface area (Å²) < 4.78 is 5.87. The van der Waals surface area contributed by atoms with E-state index in [0.29, 0.717) is 5.82 Å². The SMILES string of the molecule is COC1(c2nc(N)c3c(n2)CSC3)CCCCCC1. The lowest BCUT2D eigenvalue weighted by molar-refractivity contribution is -0.0351. The highest BCUT2D eigenvalue weighted by Crippen LogP contribution is 2.40. The Hall–Kier alpha value is -0.810. The summed E-state index contributed by atoms with van der Waals surface area (Å²) in [6, 6.07) is 0. The molecule has 1 aliphatic carbocycles. The van der Waals surface area contributed by atoms with Crippen molar-refractivity contribution in [1.82, 2.24) is 9.97 Å². The Balaban J connectivity index is 2.01. The Bertz CT molecular complexity index is 470. The van der Waals surface area contributed by atoms with Gasteiger partial charge in [-0.15, -0.1) is 0 Å². The van der Waals surface area contributed by atoms with E-state index in [2.05, 4.69) is 4.98 Å². The Morgan fingerprint density at radius 2 is 1.84 bits per heavy atom. The van der Waals surface area contributed by atoms with E-state index in [1.165, 1.54) is 25.7 Å². The average Bonchev–Trinajstić information content (AvgIpc) is 2.76. The van der Waals surface area contributed by atoms with Crippen molar-refractivity contribution in [1.29, 1.82) is 0 Å². The topological polar surface area (TPSA) is 61.0 Å². The fourth-order valence-electron chi connectivity index (χ4n) is 3.10. The number of methoxy groups -OCH3 is 1. The molecular weight excluding hydrogens is 258 g/mol. The van der Waals surface area contributed by atoms with Gasteiger partial charge in [0.25, 0.3) is 0 Å². The first-order valence-corrected chi connectivity index (χ1v) is 8.19. The van der Waals surface area contributed by atoms with Crippen molar-refractivity contribution >= 4 is 17.6 Å². The van der Waals surface area contributed by atoms with Crippen LogP contribution in [0, 0.1) is 0 Å². The van der Waals surface area contributed by atoms with Crippen molar-refractivity contribution in [2.45, 2.75) is 55.6 Å². The molecule has 0 saturated heterocycles. The first-order chi connectivity index (χ1) is 9.25. The Labute approximate surface area is 118 Å². The highest BCUT2D eigenvalue weighted by molar-refractivity contribution is 7.98. The summed E-state index contributed by atoms with van der Waals surface area (Å²) >= 11 is 1.86. The second-order valence-corrected chi connectivity index (χ2v) is 6.45. The van der Waals surface area contributed by atoms with Gasteiger partial charge in [0.1, 0.15) is 11.4 Å². The minimum Gasteiger partial charge on any atom is -0.383 e. The Morgan fingerprint density at radius 1 is 1.11 bits per heavy atom. The number of aromatic nitrogens is 2. The predicted octanol–water partition coefficient (Wildman–Crippen LogP) is 3.00. The van der Waals surface area contributed by atoms with Crippen LogP contribution < -0.4 is 5.73 Å². The van der Waals surface area contributed by atoms with Crippen LogP contribution in [0.1, 0.15) is 55.6 Å². The van der Waals surface area contributed by atoms with Crippen molar-refractivity contribution < 1.29 is 4.74 Å². The van der Waals surface area contributed by atoms with Gasteiger partial charge in [-0.3, -0.25) is 0 Å². The van der Waals surface area contributed by atoms with E-state index in [0.717, 1.165) is 41.4 Å². The van der Waals surface area contributed by atoms with E-state index in [-0.39, 0.29) is 5.60 Å². The van der Waals surface area contributed by atoms with Crippen LogP contribution in [-0.2, 0) is 21.8 Å². The van der Waals surface area contributed by atoms with Crippen molar-refractivity contribution in [3.05, 3.63) is 17.1 Å². The quantitative estimate of drug-likeness (QED) is 0.843. The Morgan fingerprint density at radius 3 is 2.53 bits per heavy atom. The van der Waals surface area contributed by atoms with E-state index in [1.807, 2.05) is 11.8 Å². The molecule has 0 bridgehead atoms. The molecule has 5 heteroatoms. The second kappa shape index (κ2) is 5.29. The summed E-state index contributed by atoms with van der Waals surface area (Å²) in [5.41, 5.74) is 8.05. The van der Waals surface area contributed by atoms with Crippen LogP contribution in [0.15, 0.2) is 0 Å². The molecule has 1 saturated carbocycles. The fraction of sp³-hybridized carbons (Fsp3) is 0.714. The molecule has 4 nitrogen and oxygen atoms in total. The third-order valence-corrected chi connectivity index (χ3v) is 5.29. The molecule has 0 radical (unpaired) electrons. The molecule has 0 amide bonds. The van der Waals surface area contributed by atoms with Crippen LogP contribution in [0.25, 0.3) is 0 Å². The summed E-state index contributed by atoms with van der Waals surface area (Å²) in [5, 5.41) is 0. The maximum absolute atomic E-state index is 6.11. The minimum atomic E-state index is -0.313. The monoisotopic (exact) mass is 279 g/mol. The smallest absolute Gasteiger partial charge is 0.162 e. The maximum Gasteiger partial charge on any atom is 0.162 e. The van der Waals surface area contributed by atoms with Gasteiger partial charge in [-0.2, -0.15) is 11.8 Å². The molecule has 104 valence electrons. The zero-order valence-electron chi connectivity index (χ0n) is 11.4. The molecule has 1 aliphatic heterocycles.